The van der Waals surface area contributed by atoms with Gasteiger partial charge in [0.2, 0.25) is 0 Å². The van der Waals surface area contributed by atoms with Crippen LogP contribution in [-0.2, 0) is 6.54 Å². The number of nitrogens with one attached hydrogen (secondary N) is 1. The minimum absolute atomic E-state index is 0.0563. The van der Waals surface area contributed by atoms with Crippen LogP contribution in [0.3, 0.4) is 0 Å². The maximum absolute atomic E-state index is 10.7. The van der Waals surface area contributed by atoms with Gasteiger partial charge in [-0.15, -0.1) is 5.10 Å². The number of nitrogen functional groups attached to an aromatic ring is 1. The van der Waals surface area contributed by atoms with E-state index in [-0.39, 0.29) is 5.69 Å². The molecule has 2 aromatic heterocycles. The third-order valence-electron chi connectivity index (χ3n) is 2.80. The van der Waals surface area contributed by atoms with E-state index in [1.165, 1.54) is 22.6 Å². The number of carbonyl (C=O) groups is 1. The fraction of sp³-hybridized carbons (Fsp3) is 0.167. The Morgan fingerprint density at radius 1 is 1.48 bits per heavy atom. The van der Waals surface area contributed by atoms with Crippen molar-refractivity contribution in [3.8, 4) is 0 Å². The molecule has 21 heavy (non-hydrogen) atoms. The Hall–Kier alpha value is -2.55. The van der Waals surface area contributed by atoms with Crippen molar-refractivity contribution < 1.29 is 9.90 Å². The molecule has 0 fully saturated rings. The molecule has 3 aromatic rings. The summed E-state index contributed by atoms with van der Waals surface area (Å²) in [4.78, 5) is 18.3. The number of carboxylic acids is 1. The molecular weight excluding hydrogens is 292 g/mol. The first-order valence-corrected chi connectivity index (χ1v) is 7.12. The van der Waals surface area contributed by atoms with Gasteiger partial charge in [-0.05, 0) is 18.2 Å². The molecule has 2 heterocycles. The van der Waals surface area contributed by atoms with Gasteiger partial charge in [0, 0.05) is 11.4 Å². The molecule has 0 saturated heterocycles. The zero-order chi connectivity index (χ0) is 14.8. The number of hydrogen-bond acceptors (Lipinski definition) is 6. The number of carboxylic acid groups (broad SMARTS) is 1. The zero-order valence-electron chi connectivity index (χ0n) is 10.9. The molecule has 4 N–H and O–H groups in total. The second kappa shape index (κ2) is 5.44. The van der Waals surface area contributed by atoms with Crippen molar-refractivity contribution in [1.29, 1.82) is 0 Å². The molecule has 3 rings (SSSR count). The average Bonchev–Trinajstić information content (AvgIpc) is 3.04. The number of thioether (sulfide) groups is 1. The van der Waals surface area contributed by atoms with E-state index in [4.69, 9.17) is 10.8 Å². The van der Waals surface area contributed by atoms with E-state index in [0.717, 1.165) is 16.2 Å². The van der Waals surface area contributed by atoms with Gasteiger partial charge in [0.1, 0.15) is 0 Å². The number of H-pyrrole nitrogens is 1. The minimum atomic E-state index is -1.08. The third kappa shape index (κ3) is 2.97. The lowest BCUT2D eigenvalue weighted by molar-refractivity contribution is 0.0690. The molecule has 0 amide bonds. The Morgan fingerprint density at radius 3 is 3.10 bits per heavy atom. The van der Waals surface area contributed by atoms with Gasteiger partial charge in [0.25, 0.3) is 0 Å². The smallest absolute Gasteiger partial charge is 0.358 e. The fourth-order valence-corrected chi connectivity index (χ4v) is 2.63. The summed E-state index contributed by atoms with van der Waals surface area (Å²) in [6, 6.07) is 5.51. The summed E-state index contributed by atoms with van der Waals surface area (Å²) >= 11 is 1.52. The molecule has 8 nitrogen and oxygen atoms in total. The Bertz CT molecular complexity index is 796. The number of aromatic amines is 1. The second-order valence-corrected chi connectivity index (χ2v) is 5.42. The maximum atomic E-state index is 10.7. The highest BCUT2D eigenvalue weighted by atomic mass is 32.2. The van der Waals surface area contributed by atoms with Gasteiger partial charge >= 0.3 is 5.97 Å². The van der Waals surface area contributed by atoms with Crippen LogP contribution in [0.15, 0.2) is 29.6 Å². The van der Waals surface area contributed by atoms with Crippen molar-refractivity contribution in [2.45, 2.75) is 11.7 Å². The van der Waals surface area contributed by atoms with Gasteiger partial charge in [-0.2, -0.15) is 0 Å². The normalized spacial score (nSPS) is 11.0. The van der Waals surface area contributed by atoms with E-state index in [1.54, 1.807) is 6.07 Å². The summed E-state index contributed by atoms with van der Waals surface area (Å²) in [6.45, 7) is 0.546. The number of benzene rings is 1. The van der Waals surface area contributed by atoms with Crippen molar-refractivity contribution in [2.75, 3.05) is 11.5 Å². The number of aromatic carboxylic acids is 1. The van der Waals surface area contributed by atoms with Gasteiger partial charge in [-0.25, -0.2) is 9.78 Å². The van der Waals surface area contributed by atoms with Gasteiger partial charge in [-0.3, -0.25) is 4.68 Å². The molecule has 0 radical (unpaired) electrons. The molecule has 0 saturated carbocycles. The standard InChI is InChI=1S/C12H12N6O2S/c13-7-1-2-8-9(5-7)15-12(14-8)21-4-3-18-6-10(11(19)20)16-17-18/h1-2,5-6H,3-4,13H2,(H,14,15)(H,19,20). The Kier molecular flexibility index (Phi) is 3.48. The van der Waals surface area contributed by atoms with E-state index in [1.807, 2.05) is 12.1 Å². The van der Waals surface area contributed by atoms with Crippen molar-refractivity contribution in [1.82, 2.24) is 25.0 Å². The number of imidazole rings is 1. The zero-order valence-corrected chi connectivity index (χ0v) is 11.7. The number of aromatic nitrogens is 5. The van der Waals surface area contributed by atoms with Crippen LogP contribution in [0.25, 0.3) is 11.0 Å². The number of fused-ring (bicyclic) bond motifs is 1. The highest BCUT2D eigenvalue weighted by Crippen LogP contribution is 2.21. The average molecular weight is 304 g/mol. The summed E-state index contributed by atoms with van der Waals surface area (Å²) < 4.78 is 1.50. The monoisotopic (exact) mass is 304 g/mol. The third-order valence-corrected chi connectivity index (χ3v) is 3.65. The van der Waals surface area contributed by atoms with Gasteiger partial charge in [-0.1, -0.05) is 17.0 Å². The van der Waals surface area contributed by atoms with Gasteiger partial charge in [0.15, 0.2) is 10.9 Å². The van der Waals surface area contributed by atoms with E-state index in [9.17, 15) is 4.79 Å². The minimum Gasteiger partial charge on any atom is -0.476 e. The van der Waals surface area contributed by atoms with Crippen LogP contribution in [0.1, 0.15) is 10.5 Å². The summed E-state index contributed by atoms with van der Waals surface area (Å²) in [7, 11) is 0. The lowest BCUT2D eigenvalue weighted by atomic mass is 10.3. The number of nitrogens with two attached hydrogens (primary N) is 1. The summed E-state index contributed by atoms with van der Waals surface area (Å²) in [6.07, 6.45) is 1.40. The van der Waals surface area contributed by atoms with Crippen molar-refractivity contribution in [3.63, 3.8) is 0 Å². The molecule has 108 valence electrons. The van der Waals surface area contributed by atoms with E-state index >= 15 is 0 Å². The van der Waals surface area contributed by atoms with Crippen molar-refractivity contribution in [3.05, 3.63) is 30.1 Å². The predicted molar refractivity (Wildman–Crippen MR) is 78.2 cm³/mol. The van der Waals surface area contributed by atoms with E-state index in [0.29, 0.717) is 18.0 Å². The Balaban J connectivity index is 1.62. The lowest BCUT2D eigenvalue weighted by Crippen LogP contribution is -2.01. The molecule has 0 atom stereocenters. The molecule has 0 aliphatic rings. The van der Waals surface area contributed by atoms with Crippen LogP contribution in [0.2, 0.25) is 0 Å². The lowest BCUT2D eigenvalue weighted by Gasteiger charge is -1.97. The van der Waals surface area contributed by atoms with Crippen LogP contribution in [-0.4, -0.2) is 41.8 Å². The largest absolute Gasteiger partial charge is 0.476 e. The molecule has 0 bridgehead atoms. The van der Waals surface area contributed by atoms with Gasteiger partial charge < -0.3 is 15.8 Å². The first-order chi connectivity index (χ1) is 10.1. The van der Waals surface area contributed by atoms with Crippen LogP contribution < -0.4 is 5.73 Å². The van der Waals surface area contributed by atoms with Crippen LogP contribution in [0.4, 0.5) is 5.69 Å². The molecule has 0 aliphatic carbocycles. The topological polar surface area (TPSA) is 123 Å². The fourth-order valence-electron chi connectivity index (χ4n) is 1.81. The maximum Gasteiger partial charge on any atom is 0.358 e. The summed E-state index contributed by atoms with van der Waals surface area (Å²) in [5, 5.41) is 16.8. The van der Waals surface area contributed by atoms with Crippen molar-refractivity contribution in [2.24, 2.45) is 0 Å². The molecular formula is C12H12N6O2S. The highest BCUT2D eigenvalue weighted by Gasteiger charge is 2.08. The Morgan fingerprint density at radius 2 is 2.33 bits per heavy atom. The summed E-state index contributed by atoms with van der Waals surface area (Å²) in [5.74, 6) is -0.388. The SMILES string of the molecule is Nc1ccc2nc(SCCn3cc(C(=O)O)nn3)[nH]c2c1. The van der Waals surface area contributed by atoms with Crippen LogP contribution >= 0.6 is 11.8 Å². The first kappa shape index (κ1) is 13.4. The number of rotatable bonds is 5. The molecule has 0 aliphatic heterocycles. The van der Waals surface area contributed by atoms with E-state index < -0.39 is 5.97 Å². The quantitative estimate of drug-likeness (QED) is 0.478. The van der Waals surface area contributed by atoms with Crippen LogP contribution in [0.5, 0.6) is 0 Å². The summed E-state index contributed by atoms with van der Waals surface area (Å²) in [5.41, 5.74) is 8.10. The van der Waals surface area contributed by atoms with Crippen molar-refractivity contribution >= 4 is 34.5 Å². The number of hydrogen-bond donors (Lipinski definition) is 3. The highest BCUT2D eigenvalue weighted by molar-refractivity contribution is 7.99. The molecule has 0 spiro atoms. The number of nitrogens with zero attached hydrogens (tertiary/aromatic N) is 4. The number of anilines is 1. The number of aryl methyl sites for hydroxylation is 1. The Labute approximate surface area is 123 Å². The first-order valence-electron chi connectivity index (χ1n) is 6.13. The van der Waals surface area contributed by atoms with E-state index in [2.05, 4.69) is 20.3 Å². The van der Waals surface area contributed by atoms with Crippen LogP contribution in [0, 0.1) is 0 Å². The predicted octanol–water partition coefficient (Wildman–Crippen LogP) is 1.23. The van der Waals surface area contributed by atoms with Gasteiger partial charge in [0.05, 0.1) is 23.8 Å². The molecule has 9 heteroatoms. The molecule has 1 aromatic carbocycles. The molecule has 0 unspecified atom stereocenters. The second-order valence-electron chi connectivity index (χ2n) is 4.34.